The molecule has 118 valence electrons. The molecular weight excluding hydrogens is 348 g/mol. The average Bonchev–Trinajstić information content (AvgIpc) is 2.83. The SMILES string of the molecule is CS(=O)(=O)c1cccc(NCCc2ccc(Cl)s2)c1[N+](=O)[O-]. The van der Waals surface area contributed by atoms with Gasteiger partial charge >= 0.3 is 5.69 Å². The molecule has 0 radical (unpaired) electrons. The van der Waals surface area contributed by atoms with Crippen molar-refractivity contribution in [1.29, 1.82) is 0 Å². The van der Waals surface area contributed by atoms with E-state index in [1.807, 2.05) is 6.07 Å². The highest BCUT2D eigenvalue weighted by Crippen LogP contribution is 2.32. The molecule has 0 saturated heterocycles. The zero-order chi connectivity index (χ0) is 16.3. The first-order chi connectivity index (χ1) is 10.3. The normalized spacial score (nSPS) is 11.4. The summed E-state index contributed by atoms with van der Waals surface area (Å²) in [5.74, 6) is 0. The number of nitro groups is 1. The molecule has 0 unspecified atom stereocenters. The van der Waals surface area contributed by atoms with Gasteiger partial charge in [-0.05, 0) is 30.7 Å². The second-order valence-corrected chi connectivity index (χ2v) is 8.35. The summed E-state index contributed by atoms with van der Waals surface area (Å²) in [5, 5.41) is 14.1. The van der Waals surface area contributed by atoms with Gasteiger partial charge in [0.2, 0.25) is 0 Å². The Kier molecular flexibility index (Phi) is 5.05. The molecule has 0 aliphatic carbocycles. The van der Waals surface area contributed by atoms with Gasteiger partial charge < -0.3 is 5.32 Å². The Morgan fingerprint density at radius 1 is 1.32 bits per heavy atom. The molecule has 0 atom stereocenters. The number of rotatable bonds is 6. The third-order valence-corrected chi connectivity index (χ3v) is 5.32. The maximum atomic E-state index is 11.7. The highest BCUT2D eigenvalue weighted by molar-refractivity contribution is 7.90. The average molecular weight is 361 g/mol. The summed E-state index contributed by atoms with van der Waals surface area (Å²) in [6.07, 6.45) is 1.59. The summed E-state index contributed by atoms with van der Waals surface area (Å²) >= 11 is 7.27. The van der Waals surface area contributed by atoms with Crippen molar-refractivity contribution in [2.75, 3.05) is 18.1 Å². The first-order valence-corrected chi connectivity index (χ1v) is 9.33. The van der Waals surface area contributed by atoms with E-state index in [1.165, 1.54) is 29.5 Å². The molecule has 22 heavy (non-hydrogen) atoms. The number of nitrogens with one attached hydrogen (secondary N) is 1. The Bertz CT molecular complexity index is 802. The highest BCUT2D eigenvalue weighted by Gasteiger charge is 2.25. The van der Waals surface area contributed by atoms with Crippen LogP contribution in [0.3, 0.4) is 0 Å². The number of halogens is 1. The lowest BCUT2D eigenvalue weighted by molar-refractivity contribution is -0.386. The number of nitrogens with zero attached hydrogens (tertiary/aromatic N) is 1. The summed E-state index contributed by atoms with van der Waals surface area (Å²) in [6, 6.07) is 7.88. The second-order valence-electron chi connectivity index (χ2n) is 4.56. The van der Waals surface area contributed by atoms with Gasteiger partial charge in [-0.15, -0.1) is 11.3 Å². The van der Waals surface area contributed by atoms with E-state index in [-0.39, 0.29) is 10.6 Å². The van der Waals surface area contributed by atoms with E-state index in [9.17, 15) is 18.5 Å². The second kappa shape index (κ2) is 6.64. The van der Waals surface area contributed by atoms with Crippen molar-refractivity contribution in [3.63, 3.8) is 0 Å². The van der Waals surface area contributed by atoms with E-state index in [2.05, 4.69) is 5.32 Å². The third kappa shape index (κ3) is 3.96. The molecule has 0 saturated carbocycles. The number of hydrogen-bond acceptors (Lipinski definition) is 6. The molecule has 0 aliphatic rings. The third-order valence-electron chi connectivity index (χ3n) is 2.90. The number of benzene rings is 1. The van der Waals surface area contributed by atoms with Gasteiger partial charge in [0.1, 0.15) is 10.6 Å². The molecule has 0 fully saturated rings. The van der Waals surface area contributed by atoms with Gasteiger partial charge in [-0.3, -0.25) is 10.1 Å². The molecule has 2 rings (SSSR count). The van der Waals surface area contributed by atoms with Crippen molar-refractivity contribution in [1.82, 2.24) is 0 Å². The fourth-order valence-electron chi connectivity index (χ4n) is 1.96. The van der Waals surface area contributed by atoms with Gasteiger partial charge in [0, 0.05) is 17.7 Å². The zero-order valence-corrected chi connectivity index (χ0v) is 14.0. The Hall–Kier alpha value is -1.64. The van der Waals surface area contributed by atoms with Crippen LogP contribution in [-0.2, 0) is 16.3 Å². The minimum absolute atomic E-state index is 0.190. The lowest BCUT2D eigenvalue weighted by Crippen LogP contribution is -2.09. The van der Waals surface area contributed by atoms with Crippen LogP contribution in [0.15, 0.2) is 35.2 Å². The van der Waals surface area contributed by atoms with Gasteiger partial charge in [-0.25, -0.2) is 8.42 Å². The Balaban J connectivity index is 2.22. The topological polar surface area (TPSA) is 89.3 Å². The molecule has 0 aliphatic heterocycles. The maximum Gasteiger partial charge on any atom is 0.310 e. The molecule has 1 N–H and O–H groups in total. The highest BCUT2D eigenvalue weighted by atomic mass is 35.5. The smallest absolute Gasteiger partial charge is 0.310 e. The van der Waals surface area contributed by atoms with Crippen molar-refractivity contribution in [2.24, 2.45) is 0 Å². The first kappa shape index (κ1) is 16.7. The van der Waals surface area contributed by atoms with Crippen LogP contribution in [0.4, 0.5) is 11.4 Å². The number of nitro benzene ring substituents is 1. The minimum atomic E-state index is -3.67. The van der Waals surface area contributed by atoms with Crippen LogP contribution in [-0.4, -0.2) is 26.1 Å². The van der Waals surface area contributed by atoms with Gasteiger partial charge in [0.05, 0.1) is 9.26 Å². The number of hydrogen-bond donors (Lipinski definition) is 1. The standard InChI is InChI=1S/C13H13ClN2O4S2/c1-22(19,20)11-4-2-3-10(13(11)16(17)18)15-8-7-9-5-6-12(14)21-9/h2-6,15H,7-8H2,1H3. The predicted octanol–water partition coefficient (Wildman–Crippen LogP) is 3.37. The van der Waals surface area contributed by atoms with E-state index in [0.717, 1.165) is 11.1 Å². The van der Waals surface area contributed by atoms with Gasteiger partial charge in [-0.2, -0.15) is 0 Å². The number of sulfone groups is 1. The van der Waals surface area contributed by atoms with Gasteiger partial charge in [-0.1, -0.05) is 17.7 Å². The Morgan fingerprint density at radius 3 is 2.59 bits per heavy atom. The quantitative estimate of drug-likeness (QED) is 0.630. The van der Waals surface area contributed by atoms with Crippen molar-refractivity contribution in [2.45, 2.75) is 11.3 Å². The fraction of sp³-hybridized carbons (Fsp3) is 0.231. The summed E-state index contributed by atoms with van der Waals surface area (Å²) in [4.78, 5) is 11.3. The number of para-hydroxylation sites is 1. The predicted molar refractivity (Wildman–Crippen MR) is 87.7 cm³/mol. The molecule has 6 nitrogen and oxygen atoms in total. The lowest BCUT2D eigenvalue weighted by atomic mass is 10.2. The molecule has 0 spiro atoms. The molecule has 2 aromatic rings. The van der Waals surface area contributed by atoms with E-state index in [0.29, 0.717) is 17.3 Å². The molecular formula is C13H13ClN2O4S2. The van der Waals surface area contributed by atoms with E-state index < -0.39 is 20.4 Å². The molecule has 0 bridgehead atoms. The van der Waals surface area contributed by atoms with Crippen LogP contribution in [0.1, 0.15) is 4.88 Å². The summed E-state index contributed by atoms with van der Waals surface area (Å²) in [6.45, 7) is 0.435. The van der Waals surface area contributed by atoms with Crippen LogP contribution >= 0.6 is 22.9 Å². The van der Waals surface area contributed by atoms with Gasteiger partial charge in [0.25, 0.3) is 0 Å². The molecule has 9 heteroatoms. The molecule has 1 heterocycles. The van der Waals surface area contributed by atoms with Crippen molar-refractivity contribution < 1.29 is 13.3 Å². The number of anilines is 1. The molecule has 0 amide bonds. The molecule has 1 aromatic heterocycles. The van der Waals surface area contributed by atoms with Crippen LogP contribution in [0, 0.1) is 10.1 Å². The summed E-state index contributed by atoms with van der Waals surface area (Å²) in [7, 11) is -3.67. The zero-order valence-electron chi connectivity index (χ0n) is 11.6. The van der Waals surface area contributed by atoms with Gasteiger partial charge in [0.15, 0.2) is 9.84 Å². The van der Waals surface area contributed by atoms with Crippen molar-refractivity contribution >= 4 is 44.1 Å². The van der Waals surface area contributed by atoms with Crippen LogP contribution < -0.4 is 5.32 Å². The monoisotopic (exact) mass is 360 g/mol. The lowest BCUT2D eigenvalue weighted by Gasteiger charge is -2.09. The Labute approximate surface area is 136 Å². The first-order valence-electron chi connectivity index (χ1n) is 6.24. The Morgan fingerprint density at radius 2 is 2.05 bits per heavy atom. The number of thiophene rings is 1. The van der Waals surface area contributed by atoms with E-state index in [4.69, 9.17) is 11.6 Å². The summed E-state index contributed by atoms with van der Waals surface area (Å²) < 4.78 is 24.0. The van der Waals surface area contributed by atoms with Crippen LogP contribution in [0.5, 0.6) is 0 Å². The van der Waals surface area contributed by atoms with Crippen molar-refractivity contribution in [3.05, 3.63) is 49.7 Å². The van der Waals surface area contributed by atoms with E-state index in [1.54, 1.807) is 6.07 Å². The maximum absolute atomic E-state index is 11.7. The fourth-order valence-corrected chi connectivity index (χ4v) is 3.91. The van der Waals surface area contributed by atoms with E-state index >= 15 is 0 Å². The largest absolute Gasteiger partial charge is 0.379 e. The van der Waals surface area contributed by atoms with Crippen LogP contribution in [0.2, 0.25) is 4.34 Å². The summed E-state index contributed by atoms with van der Waals surface area (Å²) in [5.41, 5.74) is -0.232. The molecule has 1 aromatic carbocycles. The minimum Gasteiger partial charge on any atom is -0.379 e. The van der Waals surface area contributed by atoms with Crippen molar-refractivity contribution in [3.8, 4) is 0 Å². The van der Waals surface area contributed by atoms with Crippen LogP contribution in [0.25, 0.3) is 0 Å².